The number of nitrogens with one attached hydrogen (secondary N) is 1. The smallest absolute Gasteiger partial charge is 0.153 e. The Labute approximate surface area is 158 Å². The number of allylic oxidation sites excluding steroid dienone is 2. The van der Waals surface area contributed by atoms with Crippen LogP contribution in [0.15, 0.2) is 41.6 Å². The molecule has 4 nitrogen and oxygen atoms in total. The number of rotatable bonds is 4. The van der Waals surface area contributed by atoms with E-state index in [1.165, 1.54) is 16.7 Å². The number of nitrogens with two attached hydrogens (primary N) is 1. The molecule has 0 aliphatic rings. The monoisotopic (exact) mass is 366 g/mol. The van der Waals surface area contributed by atoms with Crippen LogP contribution in [0.2, 0.25) is 5.02 Å². The number of fused-ring (bicyclic) bond motifs is 1. The summed E-state index contributed by atoms with van der Waals surface area (Å²) in [4.78, 5) is 4.36. The molecule has 0 aliphatic heterocycles. The van der Waals surface area contributed by atoms with Crippen molar-refractivity contribution in [2.24, 2.45) is 0 Å². The van der Waals surface area contributed by atoms with Crippen LogP contribution >= 0.6 is 11.6 Å². The van der Waals surface area contributed by atoms with E-state index in [0.717, 1.165) is 34.3 Å². The number of hydrogen-bond acceptors (Lipinski definition) is 3. The van der Waals surface area contributed by atoms with Gasteiger partial charge in [-0.3, -0.25) is 10.1 Å². The molecule has 0 saturated heterocycles. The Kier molecular flexibility index (Phi) is 5.43. The van der Waals surface area contributed by atoms with E-state index in [1.807, 2.05) is 25.1 Å². The highest BCUT2D eigenvalue weighted by atomic mass is 35.5. The number of hydrogen-bond donors (Lipinski definition) is 2. The topological polar surface area (TPSA) is 67.6 Å². The van der Waals surface area contributed by atoms with Gasteiger partial charge in [0.2, 0.25) is 0 Å². The maximum absolute atomic E-state index is 6.09. The first kappa shape index (κ1) is 18.2. The molecule has 0 unspecified atom stereocenters. The summed E-state index contributed by atoms with van der Waals surface area (Å²) in [6.45, 7) is 6.30. The third-order valence-electron chi connectivity index (χ3n) is 4.66. The van der Waals surface area contributed by atoms with Gasteiger partial charge < -0.3 is 5.73 Å². The number of nitrogen functional groups attached to an aromatic ring is 1. The molecule has 0 radical (unpaired) electrons. The second-order valence-corrected chi connectivity index (χ2v) is 6.82. The summed E-state index contributed by atoms with van der Waals surface area (Å²) in [6.07, 6.45) is 7.60. The van der Waals surface area contributed by atoms with Crippen molar-refractivity contribution in [1.29, 1.82) is 0 Å². The average Bonchev–Trinajstić information content (AvgIpc) is 2.99. The first-order valence-electron chi connectivity index (χ1n) is 8.72. The zero-order valence-electron chi connectivity index (χ0n) is 15.3. The van der Waals surface area contributed by atoms with Gasteiger partial charge in [-0.25, -0.2) is 0 Å². The van der Waals surface area contributed by atoms with Crippen LogP contribution in [0.4, 0.5) is 5.82 Å². The first-order chi connectivity index (χ1) is 12.5. The quantitative estimate of drug-likeness (QED) is 0.739. The molecular formula is C21H23ClN4. The van der Waals surface area contributed by atoms with Gasteiger partial charge in [0.15, 0.2) is 5.82 Å². The van der Waals surface area contributed by atoms with E-state index in [2.05, 4.69) is 47.2 Å². The maximum Gasteiger partial charge on any atom is 0.153 e. The van der Waals surface area contributed by atoms with Crippen LogP contribution in [0, 0.1) is 0 Å². The highest BCUT2D eigenvalue weighted by Crippen LogP contribution is 2.22. The van der Waals surface area contributed by atoms with E-state index in [9.17, 15) is 0 Å². The molecule has 3 N–H and O–H groups in total. The van der Waals surface area contributed by atoms with Crippen molar-refractivity contribution in [2.45, 2.75) is 33.6 Å². The standard InChI is InChI=1S/C21H23ClN4/c1-4-13(3)15(11-18-19(5-2)25-26-21(18)23)8-14-6-7-20-16(9-14)10-17(22)12-24-20/h5-7,9-12,25H,4,8H2,1-3H3,(H2,23,26)/b15-13+,18-11+,19-5+. The Morgan fingerprint density at radius 3 is 2.85 bits per heavy atom. The highest BCUT2D eigenvalue weighted by Gasteiger charge is 2.06. The van der Waals surface area contributed by atoms with Crippen molar-refractivity contribution in [1.82, 2.24) is 15.2 Å². The SMILES string of the molecule is C/C=c1/[nH]nc(N)/c1=C/C(Cc1ccc2ncc(Cl)cc2c1)=C(\C)CC. The van der Waals surface area contributed by atoms with E-state index in [-0.39, 0.29) is 0 Å². The van der Waals surface area contributed by atoms with E-state index in [4.69, 9.17) is 17.3 Å². The number of halogens is 1. The third-order valence-corrected chi connectivity index (χ3v) is 4.86. The van der Waals surface area contributed by atoms with E-state index in [1.54, 1.807) is 6.20 Å². The van der Waals surface area contributed by atoms with Crippen molar-refractivity contribution in [3.8, 4) is 0 Å². The minimum Gasteiger partial charge on any atom is -0.382 e. The van der Waals surface area contributed by atoms with Crippen LogP contribution in [0.25, 0.3) is 23.1 Å². The van der Waals surface area contributed by atoms with Crippen molar-refractivity contribution in [2.75, 3.05) is 5.73 Å². The summed E-state index contributed by atoms with van der Waals surface area (Å²) in [6, 6.07) is 8.25. The molecule has 0 bridgehead atoms. The molecule has 3 aromatic rings. The van der Waals surface area contributed by atoms with Gasteiger partial charge in [-0.15, -0.1) is 0 Å². The molecule has 2 heterocycles. The molecule has 2 aromatic heterocycles. The van der Waals surface area contributed by atoms with Crippen LogP contribution < -0.4 is 16.3 Å². The predicted octanol–water partition coefficient (Wildman–Crippen LogP) is 3.74. The Balaban J connectivity index is 2.07. The van der Waals surface area contributed by atoms with Crippen LogP contribution in [-0.2, 0) is 6.42 Å². The highest BCUT2D eigenvalue weighted by molar-refractivity contribution is 6.31. The van der Waals surface area contributed by atoms with Gasteiger partial charge in [-0.1, -0.05) is 36.2 Å². The number of pyridine rings is 1. The molecule has 0 atom stereocenters. The van der Waals surface area contributed by atoms with Crippen LogP contribution in [0.5, 0.6) is 0 Å². The van der Waals surface area contributed by atoms with Crippen LogP contribution in [0.3, 0.4) is 0 Å². The number of aromatic amines is 1. The molecule has 0 spiro atoms. The lowest BCUT2D eigenvalue weighted by Crippen LogP contribution is -2.24. The molecule has 5 heteroatoms. The van der Waals surface area contributed by atoms with E-state index >= 15 is 0 Å². The lowest BCUT2D eigenvalue weighted by Gasteiger charge is -2.09. The van der Waals surface area contributed by atoms with Gasteiger partial charge >= 0.3 is 0 Å². The van der Waals surface area contributed by atoms with Gasteiger partial charge in [0, 0.05) is 16.8 Å². The largest absolute Gasteiger partial charge is 0.382 e. The molecule has 3 rings (SSSR count). The lowest BCUT2D eigenvalue weighted by molar-refractivity contribution is 1.04. The zero-order valence-corrected chi connectivity index (χ0v) is 16.1. The van der Waals surface area contributed by atoms with Gasteiger partial charge in [-0.2, -0.15) is 5.10 Å². The van der Waals surface area contributed by atoms with E-state index < -0.39 is 0 Å². The normalized spacial score (nSPS) is 14.2. The molecule has 26 heavy (non-hydrogen) atoms. The van der Waals surface area contributed by atoms with Gasteiger partial charge in [-0.05, 0) is 62.1 Å². The number of anilines is 1. The number of H-pyrrole nitrogens is 1. The average molecular weight is 367 g/mol. The molecular weight excluding hydrogens is 344 g/mol. The molecule has 0 fully saturated rings. The summed E-state index contributed by atoms with van der Waals surface area (Å²) in [5.74, 6) is 0.522. The molecule has 0 amide bonds. The molecule has 0 aliphatic carbocycles. The Morgan fingerprint density at radius 1 is 1.31 bits per heavy atom. The number of benzene rings is 1. The lowest BCUT2D eigenvalue weighted by atomic mass is 9.97. The van der Waals surface area contributed by atoms with Crippen molar-refractivity contribution < 1.29 is 0 Å². The minimum absolute atomic E-state index is 0.522. The Morgan fingerprint density at radius 2 is 2.12 bits per heavy atom. The van der Waals surface area contributed by atoms with Crippen molar-refractivity contribution >= 4 is 40.5 Å². The second-order valence-electron chi connectivity index (χ2n) is 6.39. The van der Waals surface area contributed by atoms with Crippen LogP contribution in [-0.4, -0.2) is 15.2 Å². The van der Waals surface area contributed by atoms with Crippen molar-refractivity contribution in [3.05, 3.63) is 62.8 Å². The fraction of sp³-hybridized carbons (Fsp3) is 0.238. The maximum atomic E-state index is 6.09. The Bertz CT molecular complexity index is 1090. The van der Waals surface area contributed by atoms with Gasteiger partial charge in [0.25, 0.3) is 0 Å². The summed E-state index contributed by atoms with van der Waals surface area (Å²) in [7, 11) is 0. The van der Waals surface area contributed by atoms with Gasteiger partial charge in [0.1, 0.15) is 0 Å². The van der Waals surface area contributed by atoms with Crippen LogP contribution in [0.1, 0.15) is 32.8 Å². The summed E-state index contributed by atoms with van der Waals surface area (Å²) in [5.41, 5.74) is 10.8. The molecule has 0 saturated carbocycles. The summed E-state index contributed by atoms with van der Waals surface area (Å²) >= 11 is 6.09. The predicted molar refractivity (Wildman–Crippen MR) is 110 cm³/mol. The Hall–Kier alpha value is -2.59. The fourth-order valence-corrected chi connectivity index (χ4v) is 3.13. The van der Waals surface area contributed by atoms with E-state index in [0.29, 0.717) is 10.8 Å². The summed E-state index contributed by atoms with van der Waals surface area (Å²) < 4.78 is 0. The molecule has 134 valence electrons. The molecule has 1 aromatic carbocycles. The fourth-order valence-electron chi connectivity index (χ4n) is 2.96. The van der Waals surface area contributed by atoms with Crippen molar-refractivity contribution in [3.63, 3.8) is 0 Å². The minimum atomic E-state index is 0.522. The summed E-state index contributed by atoms with van der Waals surface area (Å²) in [5, 5.41) is 10.7. The van der Waals surface area contributed by atoms with Gasteiger partial charge in [0.05, 0.1) is 15.9 Å². The number of aromatic nitrogens is 3. The third kappa shape index (κ3) is 3.81. The first-order valence-corrected chi connectivity index (χ1v) is 9.10. The number of nitrogens with zero attached hydrogens (tertiary/aromatic N) is 2. The zero-order chi connectivity index (χ0) is 18.7. The second kappa shape index (κ2) is 7.75.